The maximum Gasteiger partial charge on any atom is 0.123 e. The predicted octanol–water partition coefficient (Wildman–Crippen LogP) is 3.27. The number of fused-ring (bicyclic) bond motifs is 1. The predicted molar refractivity (Wildman–Crippen MR) is 79.4 cm³/mol. The minimum atomic E-state index is -0.738. The Balaban J connectivity index is 1.96. The summed E-state index contributed by atoms with van der Waals surface area (Å²) in [6, 6.07) is 15.6. The van der Waals surface area contributed by atoms with E-state index in [4.69, 9.17) is 0 Å². The first-order chi connectivity index (χ1) is 9.78. The van der Waals surface area contributed by atoms with Crippen LogP contribution in [0.5, 0.6) is 0 Å². The average molecular weight is 264 g/mol. The lowest BCUT2D eigenvalue weighted by Gasteiger charge is -2.11. The number of aromatic nitrogens is 2. The maximum absolute atomic E-state index is 10.4. The summed E-state index contributed by atoms with van der Waals surface area (Å²) in [7, 11) is 0. The standard InChI is InChI=1S/C17H16N2O/c1-2-12-7-9-13(10-8-12)17(20)16-11-18-14-5-3-4-6-15(14)19-16/h3-11,17,20H,2H2,1H3. The van der Waals surface area contributed by atoms with Crippen LogP contribution in [0.25, 0.3) is 11.0 Å². The Kier molecular flexibility index (Phi) is 3.44. The Hall–Kier alpha value is -2.26. The maximum atomic E-state index is 10.4. The van der Waals surface area contributed by atoms with Crippen LogP contribution in [0.3, 0.4) is 0 Å². The number of hydrogen-bond donors (Lipinski definition) is 1. The van der Waals surface area contributed by atoms with Crippen molar-refractivity contribution in [2.24, 2.45) is 0 Å². The zero-order valence-corrected chi connectivity index (χ0v) is 11.3. The zero-order chi connectivity index (χ0) is 13.9. The van der Waals surface area contributed by atoms with E-state index in [0.717, 1.165) is 23.0 Å². The van der Waals surface area contributed by atoms with Crippen molar-refractivity contribution in [3.05, 3.63) is 71.5 Å². The van der Waals surface area contributed by atoms with Crippen molar-refractivity contribution in [1.29, 1.82) is 0 Å². The lowest BCUT2D eigenvalue weighted by atomic mass is 10.0. The molecule has 3 heteroatoms. The molecule has 0 aliphatic rings. The highest BCUT2D eigenvalue weighted by Crippen LogP contribution is 2.21. The van der Waals surface area contributed by atoms with Gasteiger partial charge in [-0.2, -0.15) is 0 Å². The first-order valence-corrected chi connectivity index (χ1v) is 6.76. The van der Waals surface area contributed by atoms with Crippen LogP contribution in [0, 0.1) is 0 Å². The van der Waals surface area contributed by atoms with Gasteiger partial charge in [0.1, 0.15) is 6.10 Å². The van der Waals surface area contributed by atoms with Gasteiger partial charge < -0.3 is 5.11 Å². The number of rotatable bonds is 3. The van der Waals surface area contributed by atoms with Gasteiger partial charge in [-0.3, -0.25) is 4.98 Å². The number of benzene rings is 2. The highest BCUT2D eigenvalue weighted by atomic mass is 16.3. The van der Waals surface area contributed by atoms with E-state index in [1.165, 1.54) is 5.56 Å². The molecule has 2 aromatic carbocycles. The largest absolute Gasteiger partial charge is 0.382 e. The summed E-state index contributed by atoms with van der Waals surface area (Å²) in [4.78, 5) is 8.82. The summed E-state index contributed by atoms with van der Waals surface area (Å²) in [5.74, 6) is 0. The minimum absolute atomic E-state index is 0.577. The molecular formula is C17H16N2O. The summed E-state index contributed by atoms with van der Waals surface area (Å²) >= 11 is 0. The van der Waals surface area contributed by atoms with Crippen LogP contribution in [0.4, 0.5) is 0 Å². The van der Waals surface area contributed by atoms with Gasteiger partial charge in [-0.25, -0.2) is 4.98 Å². The highest BCUT2D eigenvalue weighted by Gasteiger charge is 2.12. The van der Waals surface area contributed by atoms with Crippen molar-refractivity contribution in [2.45, 2.75) is 19.4 Å². The van der Waals surface area contributed by atoms with Crippen molar-refractivity contribution >= 4 is 11.0 Å². The molecule has 0 saturated carbocycles. The second-order valence-electron chi connectivity index (χ2n) is 4.78. The Morgan fingerprint density at radius 1 is 1.00 bits per heavy atom. The summed E-state index contributed by atoms with van der Waals surface area (Å²) in [5.41, 5.74) is 4.31. The molecule has 0 radical (unpaired) electrons. The van der Waals surface area contributed by atoms with Gasteiger partial charge in [0.05, 0.1) is 22.9 Å². The fourth-order valence-corrected chi connectivity index (χ4v) is 2.21. The normalized spacial score (nSPS) is 12.5. The number of aryl methyl sites for hydroxylation is 1. The Morgan fingerprint density at radius 2 is 1.70 bits per heavy atom. The molecule has 3 rings (SSSR count). The highest BCUT2D eigenvalue weighted by molar-refractivity contribution is 5.73. The van der Waals surface area contributed by atoms with Crippen molar-refractivity contribution in [3.8, 4) is 0 Å². The van der Waals surface area contributed by atoms with Crippen molar-refractivity contribution in [2.75, 3.05) is 0 Å². The number of aliphatic hydroxyl groups excluding tert-OH is 1. The van der Waals surface area contributed by atoms with Crippen LogP contribution in [0.15, 0.2) is 54.7 Å². The molecule has 1 aromatic heterocycles. The van der Waals surface area contributed by atoms with Crippen LogP contribution in [0.2, 0.25) is 0 Å². The summed E-state index contributed by atoms with van der Waals surface area (Å²) < 4.78 is 0. The molecule has 0 aliphatic carbocycles. The van der Waals surface area contributed by atoms with Gasteiger partial charge >= 0.3 is 0 Å². The summed E-state index contributed by atoms with van der Waals surface area (Å²) in [5, 5.41) is 10.4. The Morgan fingerprint density at radius 3 is 2.40 bits per heavy atom. The van der Waals surface area contributed by atoms with Crippen molar-refractivity contribution in [3.63, 3.8) is 0 Å². The van der Waals surface area contributed by atoms with Crippen LogP contribution >= 0.6 is 0 Å². The molecule has 0 spiro atoms. The van der Waals surface area contributed by atoms with E-state index in [-0.39, 0.29) is 0 Å². The lowest BCUT2D eigenvalue weighted by molar-refractivity contribution is 0.215. The van der Waals surface area contributed by atoms with Gasteiger partial charge in [0.2, 0.25) is 0 Å². The molecule has 1 unspecified atom stereocenters. The zero-order valence-electron chi connectivity index (χ0n) is 11.3. The molecule has 100 valence electrons. The van der Waals surface area contributed by atoms with E-state index < -0.39 is 6.10 Å². The second kappa shape index (κ2) is 5.39. The molecule has 0 aliphatic heterocycles. The molecular weight excluding hydrogens is 248 g/mol. The van der Waals surface area contributed by atoms with E-state index >= 15 is 0 Å². The first-order valence-electron chi connectivity index (χ1n) is 6.76. The molecule has 20 heavy (non-hydrogen) atoms. The van der Waals surface area contributed by atoms with Crippen LogP contribution in [-0.2, 0) is 6.42 Å². The number of para-hydroxylation sites is 2. The SMILES string of the molecule is CCc1ccc(C(O)c2cnc3ccccc3n2)cc1. The third-order valence-corrected chi connectivity index (χ3v) is 3.45. The van der Waals surface area contributed by atoms with Crippen LogP contribution in [0.1, 0.15) is 29.8 Å². The van der Waals surface area contributed by atoms with E-state index in [9.17, 15) is 5.11 Å². The molecule has 1 heterocycles. The van der Waals surface area contributed by atoms with E-state index in [1.54, 1.807) is 6.20 Å². The van der Waals surface area contributed by atoms with Gasteiger partial charge in [0.25, 0.3) is 0 Å². The number of hydrogen-bond acceptors (Lipinski definition) is 3. The molecule has 0 fully saturated rings. The van der Waals surface area contributed by atoms with Crippen molar-refractivity contribution in [1.82, 2.24) is 9.97 Å². The topological polar surface area (TPSA) is 46.0 Å². The summed E-state index contributed by atoms with van der Waals surface area (Å²) in [6.07, 6.45) is 1.89. The van der Waals surface area contributed by atoms with Crippen molar-refractivity contribution < 1.29 is 5.11 Å². The quantitative estimate of drug-likeness (QED) is 0.789. The van der Waals surface area contributed by atoms with Crippen LogP contribution in [-0.4, -0.2) is 15.1 Å². The smallest absolute Gasteiger partial charge is 0.123 e. The molecule has 1 atom stereocenters. The molecule has 3 aromatic rings. The average Bonchev–Trinajstić information content (AvgIpc) is 2.54. The fourth-order valence-electron chi connectivity index (χ4n) is 2.21. The number of nitrogens with zero attached hydrogens (tertiary/aromatic N) is 2. The van der Waals surface area contributed by atoms with Crippen LogP contribution < -0.4 is 0 Å². The molecule has 0 bridgehead atoms. The molecule has 1 N–H and O–H groups in total. The molecule has 0 amide bonds. The Labute approximate surface area is 117 Å². The van der Waals surface area contributed by atoms with E-state index in [1.807, 2.05) is 48.5 Å². The Bertz CT molecular complexity index is 722. The monoisotopic (exact) mass is 264 g/mol. The lowest BCUT2D eigenvalue weighted by Crippen LogP contribution is -2.03. The molecule has 3 nitrogen and oxygen atoms in total. The first kappa shape index (κ1) is 12.8. The second-order valence-corrected chi connectivity index (χ2v) is 4.78. The van der Waals surface area contributed by atoms with Gasteiger partial charge in [0, 0.05) is 0 Å². The van der Waals surface area contributed by atoms with Gasteiger partial charge in [-0.05, 0) is 29.7 Å². The minimum Gasteiger partial charge on any atom is -0.382 e. The third-order valence-electron chi connectivity index (χ3n) is 3.45. The number of aliphatic hydroxyl groups is 1. The van der Waals surface area contributed by atoms with Gasteiger partial charge in [-0.1, -0.05) is 43.3 Å². The summed E-state index contributed by atoms with van der Waals surface area (Å²) in [6.45, 7) is 2.11. The van der Waals surface area contributed by atoms with E-state index in [2.05, 4.69) is 16.9 Å². The third kappa shape index (κ3) is 2.40. The van der Waals surface area contributed by atoms with Gasteiger partial charge in [0.15, 0.2) is 0 Å². The van der Waals surface area contributed by atoms with Gasteiger partial charge in [-0.15, -0.1) is 0 Å². The molecule has 0 saturated heterocycles. The van der Waals surface area contributed by atoms with E-state index in [0.29, 0.717) is 5.69 Å². The fraction of sp³-hybridized carbons (Fsp3) is 0.176.